The Kier molecular flexibility index (Phi) is 3.23. The van der Waals surface area contributed by atoms with Gasteiger partial charge in [0, 0.05) is 18.1 Å². The summed E-state index contributed by atoms with van der Waals surface area (Å²) in [5.74, 6) is 0. The van der Waals surface area contributed by atoms with Crippen molar-refractivity contribution in [2.45, 2.75) is 13.8 Å². The van der Waals surface area contributed by atoms with Crippen molar-refractivity contribution in [1.82, 2.24) is 10.3 Å². The van der Waals surface area contributed by atoms with Crippen LogP contribution in [-0.2, 0) is 0 Å². The largest absolute Gasteiger partial charge is 0.338 e. The molecule has 0 saturated heterocycles. The Labute approximate surface area is 100 Å². The van der Waals surface area contributed by atoms with E-state index in [1.54, 1.807) is 6.20 Å². The number of carbonyl (C=O) groups excluding carboxylic acids is 1. The number of fused-ring (bicyclic) bond motifs is 1. The monoisotopic (exact) mass is 229 g/mol. The zero-order valence-electron chi connectivity index (χ0n) is 9.95. The van der Waals surface area contributed by atoms with Crippen molar-refractivity contribution in [2.24, 2.45) is 0 Å². The molecule has 0 radical (unpaired) electrons. The average Bonchev–Trinajstić information content (AvgIpc) is 2.33. The van der Waals surface area contributed by atoms with Crippen molar-refractivity contribution in [3.8, 4) is 0 Å². The molecule has 0 aliphatic rings. The molecule has 1 aromatic heterocycles. The van der Waals surface area contributed by atoms with Crippen molar-refractivity contribution >= 4 is 22.6 Å². The van der Waals surface area contributed by atoms with E-state index in [4.69, 9.17) is 0 Å². The van der Waals surface area contributed by atoms with Gasteiger partial charge >= 0.3 is 6.03 Å². The Morgan fingerprint density at radius 2 is 2.12 bits per heavy atom. The lowest BCUT2D eigenvalue weighted by atomic mass is 10.1. The van der Waals surface area contributed by atoms with Gasteiger partial charge in [-0.1, -0.05) is 18.2 Å². The van der Waals surface area contributed by atoms with Crippen LogP contribution in [0.3, 0.4) is 0 Å². The van der Waals surface area contributed by atoms with E-state index in [0.29, 0.717) is 6.54 Å². The lowest BCUT2D eigenvalue weighted by Crippen LogP contribution is -2.28. The lowest BCUT2D eigenvalue weighted by Gasteiger charge is -2.11. The molecule has 88 valence electrons. The van der Waals surface area contributed by atoms with Crippen LogP contribution >= 0.6 is 0 Å². The van der Waals surface area contributed by atoms with Gasteiger partial charge in [0.2, 0.25) is 0 Å². The van der Waals surface area contributed by atoms with Crippen LogP contribution in [0.15, 0.2) is 30.5 Å². The van der Waals surface area contributed by atoms with Crippen LogP contribution in [0.2, 0.25) is 0 Å². The minimum Gasteiger partial charge on any atom is -0.338 e. The molecule has 2 N–H and O–H groups in total. The molecule has 17 heavy (non-hydrogen) atoms. The van der Waals surface area contributed by atoms with Crippen LogP contribution in [-0.4, -0.2) is 17.6 Å². The normalized spacial score (nSPS) is 10.2. The second-order valence-electron chi connectivity index (χ2n) is 3.82. The van der Waals surface area contributed by atoms with E-state index in [9.17, 15) is 4.79 Å². The van der Waals surface area contributed by atoms with Crippen LogP contribution in [0.1, 0.15) is 12.5 Å². The van der Waals surface area contributed by atoms with Gasteiger partial charge in [0.1, 0.15) is 0 Å². The van der Waals surface area contributed by atoms with Gasteiger partial charge in [-0.2, -0.15) is 0 Å². The third kappa shape index (κ3) is 2.36. The van der Waals surface area contributed by atoms with Gasteiger partial charge < -0.3 is 10.6 Å². The number of nitrogens with zero attached hydrogens (tertiary/aromatic N) is 1. The van der Waals surface area contributed by atoms with Crippen molar-refractivity contribution in [3.05, 3.63) is 36.0 Å². The summed E-state index contributed by atoms with van der Waals surface area (Å²) in [7, 11) is 0. The Morgan fingerprint density at radius 3 is 2.88 bits per heavy atom. The van der Waals surface area contributed by atoms with Gasteiger partial charge in [0.15, 0.2) is 0 Å². The van der Waals surface area contributed by atoms with E-state index < -0.39 is 0 Å². The standard InChI is InChI=1S/C13H15N3O/c1-3-14-13(17)16-12-9(2)8-15-11-7-5-4-6-10(11)12/h4-8H,3H2,1-2H3,(H2,14,15,16,17). The van der Waals surface area contributed by atoms with Crippen LogP contribution in [0.4, 0.5) is 10.5 Å². The Morgan fingerprint density at radius 1 is 1.35 bits per heavy atom. The topological polar surface area (TPSA) is 54.0 Å². The van der Waals surface area contributed by atoms with Gasteiger partial charge in [-0.15, -0.1) is 0 Å². The van der Waals surface area contributed by atoms with Gasteiger partial charge in [0.25, 0.3) is 0 Å². The minimum absolute atomic E-state index is 0.188. The fraction of sp³-hybridized carbons (Fsp3) is 0.231. The summed E-state index contributed by atoms with van der Waals surface area (Å²) >= 11 is 0. The molecule has 0 saturated carbocycles. The molecule has 2 rings (SSSR count). The number of hydrogen-bond acceptors (Lipinski definition) is 2. The zero-order valence-corrected chi connectivity index (χ0v) is 9.95. The molecular weight excluding hydrogens is 214 g/mol. The van der Waals surface area contributed by atoms with E-state index in [-0.39, 0.29) is 6.03 Å². The molecule has 0 spiro atoms. The predicted molar refractivity (Wildman–Crippen MR) is 69.2 cm³/mol. The third-order valence-corrected chi connectivity index (χ3v) is 2.54. The van der Waals surface area contributed by atoms with Crippen molar-refractivity contribution in [2.75, 3.05) is 11.9 Å². The molecule has 1 aromatic carbocycles. The van der Waals surface area contributed by atoms with E-state index in [0.717, 1.165) is 22.2 Å². The number of anilines is 1. The molecule has 0 aliphatic heterocycles. The number of nitrogens with one attached hydrogen (secondary N) is 2. The van der Waals surface area contributed by atoms with Crippen LogP contribution in [0.25, 0.3) is 10.9 Å². The fourth-order valence-corrected chi connectivity index (χ4v) is 1.73. The predicted octanol–water partition coefficient (Wildman–Crippen LogP) is 2.68. The van der Waals surface area contributed by atoms with Crippen LogP contribution < -0.4 is 10.6 Å². The highest BCUT2D eigenvalue weighted by atomic mass is 16.2. The number of para-hydroxylation sites is 1. The second-order valence-corrected chi connectivity index (χ2v) is 3.82. The lowest BCUT2D eigenvalue weighted by molar-refractivity contribution is 0.252. The number of urea groups is 1. The molecule has 4 heteroatoms. The Hall–Kier alpha value is -2.10. The molecule has 4 nitrogen and oxygen atoms in total. The Bertz CT molecular complexity index is 551. The average molecular weight is 229 g/mol. The SMILES string of the molecule is CCNC(=O)Nc1c(C)cnc2ccccc12. The summed E-state index contributed by atoms with van der Waals surface area (Å²) in [5.41, 5.74) is 2.65. The van der Waals surface area contributed by atoms with E-state index >= 15 is 0 Å². The molecule has 0 bridgehead atoms. The second kappa shape index (κ2) is 4.82. The van der Waals surface area contributed by atoms with Crippen molar-refractivity contribution < 1.29 is 4.79 Å². The summed E-state index contributed by atoms with van der Waals surface area (Å²) in [6.07, 6.45) is 1.77. The highest BCUT2D eigenvalue weighted by molar-refractivity contribution is 6.01. The molecule has 0 aliphatic carbocycles. The maximum Gasteiger partial charge on any atom is 0.319 e. The Balaban J connectivity index is 2.44. The molecule has 2 amide bonds. The molecule has 1 heterocycles. The third-order valence-electron chi connectivity index (χ3n) is 2.54. The number of pyridine rings is 1. The van der Waals surface area contributed by atoms with Gasteiger partial charge in [-0.3, -0.25) is 4.98 Å². The molecule has 2 aromatic rings. The fourth-order valence-electron chi connectivity index (χ4n) is 1.73. The summed E-state index contributed by atoms with van der Waals surface area (Å²) in [5, 5.41) is 6.54. The number of carbonyl (C=O) groups is 1. The number of aromatic nitrogens is 1. The van der Waals surface area contributed by atoms with Crippen molar-refractivity contribution in [3.63, 3.8) is 0 Å². The van der Waals surface area contributed by atoms with Gasteiger partial charge in [-0.25, -0.2) is 4.79 Å². The number of amides is 2. The van der Waals surface area contributed by atoms with Crippen LogP contribution in [0, 0.1) is 6.92 Å². The van der Waals surface area contributed by atoms with E-state index in [1.807, 2.05) is 38.1 Å². The van der Waals surface area contributed by atoms with E-state index in [2.05, 4.69) is 15.6 Å². The quantitative estimate of drug-likeness (QED) is 0.831. The summed E-state index contributed by atoms with van der Waals surface area (Å²) < 4.78 is 0. The molecule has 0 fully saturated rings. The highest BCUT2D eigenvalue weighted by Crippen LogP contribution is 2.24. The number of rotatable bonds is 2. The maximum absolute atomic E-state index is 11.6. The first-order valence-electron chi connectivity index (χ1n) is 5.61. The first-order valence-corrected chi connectivity index (χ1v) is 5.61. The maximum atomic E-state index is 11.6. The van der Waals surface area contributed by atoms with Crippen molar-refractivity contribution in [1.29, 1.82) is 0 Å². The molecule has 0 atom stereocenters. The van der Waals surface area contributed by atoms with Gasteiger partial charge in [-0.05, 0) is 25.5 Å². The summed E-state index contributed by atoms with van der Waals surface area (Å²) in [6, 6.07) is 7.56. The van der Waals surface area contributed by atoms with Gasteiger partial charge in [0.05, 0.1) is 11.2 Å². The highest BCUT2D eigenvalue weighted by Gasteiger charge is 2.08. The smallest absolute Gasteiger partial charge is 0.319 e. The van der Waals surface area contributed by atoms with Crippen LogP contribution in [0.5, 0.6) is 0 Å². The number of aryl methyl sites for hydroxylation is 1. The zero-order chi connectivity index (χ0) is 12.3. The minimum atomic E-state index is -0.188. The molecular formula is C13H15N3O. The number of benzene rings is 1. The first kappa shape index (κ1) is 11.4. The summed E-state index contributed by atoms with van der Waals surface area (Å²) in [6.45, 7) is 4.42. The number of hydrogen-bond donors (Lipinski definition) is 2. The van der Waals surface area contributed by atoms with E-state index in [1.165, 1.54) is 0 Å². The molecule has 0 unspecified atom stereocenters. The summed E-state index contributed by atoms with van der Waals surface area (Å²) in [4.78, 5) is 15.9. The first-order chi connectivity index (χ1) is 8.22.